The van der Waals surface area contributed by atoms with Crippen LogP contribution < -0.4 is 5.73 Å². The van der Waals surface area contributed by atoms with Crippen LogP contribution in [-0.4, -0.2) is 21.8 Å². The third-order valence-electron chi connectivity index (χ3n) is 1.77. The van der Waals surface area contributed by atoms with Crippen molar-refractivity contribution in [2.75, 3.05) is 12.8 Å². The molecule has 0 unspecified atom stereocenters. The lowest BCUT2D eigenvalue weighted by Gasteiger charge is -2.16. The van der Waals surface area contributed by atoms with Gasteiger partial charge in [-0.05, 0) is 0 Å². The van der Waals surface area contributed by atoms with Crippen molar-refractivity contribution in [2.45, 2.75) is 37.9 Å². The summed E-state index contributed by atoms with van der Waals surface area (Å²) in [7, 11) is 1.64. The fourth-order valence-electron chi connectivity index (χ4n) is 1.14. The Kier molecular flexibility index (Phi) is 4.56. The van der Waals surface area contributed by atoms with E-state index in [0.29, 0.717) is 12.4 Å². The molecule has 0 radical (unpaired) electrons. The van der Waals surface area contributed by atoms with Crippen molar-refractivity contribution in [1.82, 2.24) is 9.97 Å². The zero-order valence-corrected chi connectivity index (χ0v) is 11.1. The molecule has 0 aliphatic rings. The van der Waals surface area contributed by atoms with Crippen molar-refractivity contribution in [1.29, 1.82) is 0 Å². The molecule has 90 valence electrons. The number of ether oxygens (including phenoxy) is 1. The van der Waals surface area contributed by atoms with Gasteiger partial charge in [-0.25, -0.2) is 9.97 Å². The summed E-state index contributed by atoms with van der Waals surface area (Å²) in [4.78, 5) is 8.60. The van der Waals surface area contributed by atoms with Gasteiger partial charge in [-0.3, -0.25) is 0 Å². The molecule has 0 atom stereocenters. The molecule has 1 aromatic rings. The van der Waals surface area contributed by atoms with E-state index in [1.54, 1.807) is 24.9 Å². The van der Waals surface area contributed by atoms with Gasteiger partial charge in [0.2, 0.25) is 0 Å². The Morgan fingerprint density at radius 3 is 2.62 bits per heavy atom. The van der Waals surface area contributed by atoms with Crippen LogP contribution >= 0.6 is 11.8 Å². The quantitative estimate of drug-likeness (QED) is 0.876. The maximum Gasteiger partial charge on any atom is 0.140 e. The summed E-state index contributed by atoms with van der Waals surface area (Å²) in [5, 5.41) is 0. The lowest BCUT2D eigenvalue weighted by Crippen LogP contribution is -2.10. The van der Waals surface area contributed by atoms with E-state index in [2.05, 4.69) is 30.7 Å². The van der Waals surface area contributed by atoms with E-state index in [1.807, 2.05) is 0 Å². The second-order valence-corrected chi connectivity index (χ2v) is 6.34. The van der Waals surface area contributed by atoms with Crippen molar-refractivity contribution in [3.05, 3.63) is 17.6 Å². The van der Waals surface area contributed by atoms with Crippen molar-refractivity contribution < 1.29 is 4.74 Å². The normalized spacial score (nSPS) is 11.8. The molecule has 0 aromatic carbocycles. The summed E-state index contributed by atoms with van der Waals surface area (Å²) in [5.74, 6) is 2.05. The number of rotatable bonds is 4. The van der Waals surface area contributed by atoms with Crippen LogP contribution in [0.5, 0.6) is 0 Å². The summed E-state index contributed by atoms with van der Waals surface area (Å²) in [5.41, 5.74) is 6.55. The number of methoxy groups -OCH3 is 1. The van der Waals surface area contributed by atoms with Crippen LogP contribution in [0.3, 0.4) is 0 Å². The summed E-state index contributed by atoms with van der Waals surface area (Å²) in [6.45, 7) is 6.97. The molecule has 4 nitrogen and oxygen atoms in total. The minimum absolute atomic E-state index is 0.204. The number of aromatic nitrogens is 2. The van der Waals surface area contributed by atoms with Gasteiger partial charge in [0.1, 0.15) is 11.6 Å². The molecule has 0 saturated carbocycles. The second kappa shape index (κ2) is 5.50. The first-order valence-corrected chi connectivity index (χ1v) is 6.14. The molecule has 0 amide bonds. The minimum Gasteiger partial charge on any atom is -0.384 e. The van der Waals surface area contributed by atoms with Crippen LogP contribution in [0, 0.1) is 0 Å². The monoisotopic (exact) mass is 241 g/mol. The average molecular weight is 241 g/mol. The molecule has 0 aliphatic carbocycles. The first-order chi connectivity index (χ1) is 7.40. The fourth-order valence-corrected chi connectivity index (χ4v) is 1.83. The standard InChI is InChI=1S/C11H19N3OS/c1-11(2,3)16-7-10-13-8(6-15-4)5-9(12)14-10/h5H,6-7H2,1-4H3,(H2,12,13,14). The summed E-state index contributed by atoms with van der Waals surface area (Å²) in [6.07, 6.45) is 0. The Balaban J connectivity index is 2.72. The molecule has 0 bridgehead atoms. The molecule has 0 fully saturated rings. The van der Waals surface area contributed by atoms with Gasteiger partial charge < -0.3 is 10.5 Å². The van der Waals surface area contributed by atoms with Gasteiger partial charge in [-0.1, -0.05) is 20.8 Å². The number of nitrogens with zero attached hydrogens (tertiary/aromatic N) is 2. The number of nitrogen functional groups attached to an aromatic ring is 1. The van der Waals surface area contributed by atoms with Gasteiger partial charge in [0.25, 0.3) is 0 Å². The van der Waals surface area contributed by atoms with Crippen LogP contribution in [-0.2, 0) is 17.1 Å². The van der Waals surface area contributed by atoms with Crippen LogP contribution in [0.4, 0.5) is 5.82 Å². The van der Waals surface area contributed by atoms with E-state index in [-0.39, 0.29) is 4.75 Å². The van der Waals surface area contributed by atoms with Gasteiger partial charge in [-0.15, -0.1) is 11.8 Å². The third kappa shape index (κ3) is 4.81. The van der Waals surface area contributed by atoms with E-state index >= 15 is 0 Å². The van der Waals surface area contributed by atoms with Gasteiger partial charge in [0.15, 0.2) is 0 Å². The third-order valence-corrected chi connectivity index (χ3v) is 3.04. The van der Waals surface area contributed by atoms with Crippen LogP contribution in [0.1, 0.15) is 32.3 Å². The molecule has 1 aromatic heterocycles. The molecule has 5 heteroatoms. The van der Waals surface area contributed by atoms with Crippen LogP contribution in [0.15, 0.2) is 6.07 Å². The summed E-state index contributed by atoms with van der Waals surface area (Å²) < 4.78 is 5.23. The van der Waals surface area contributed by atoms with E-state index in [4.69, 9.17) is 10.5 Å². The summed E-state index contributed by atoms with van der Waals surface area (Å²) >= 11 is 1.80. The Hall–Kier alpha value is -0.810. The first kappa shape index (κ1) is 13.3. The van der Waals surface area contributed by atoms with Crippen LogP contribution in [0.25, 0.3) is 0 Å². The number of hydrogen-bond acceptors (Lipinski definition) is 5. The highest BCUT2D eigenvalue weighted by molar-refractivity contribution is 7.99. The minimum atomic E-state index is 0.204. The zero-order chi connectivity index (χ0) is 12.2. The number of nitrogens with two attached hydrogens (primary N) is 1. The van der Waals surface area contributed by atoms with Gasteiger partial charge in [0.05, 0.1) is 18.1 Å². The highest BCUT2D eigenvalue weighted by Crippen LogP contribution is 2.26. The Bertz CT molecular complexity index is 350. The Morgan fingerprint density at radius 1 is 1.38 bits per heavy atom. The summed E-state index contributed by atoms with van der Waals surface area (Å²) in [6, 6.07) is 1.74. The number of thioether (sulfide) groups is 1. The highest BCUT2D eigenvalue weighted by atomic mass is 32.2. The van der Waals surface area contributed by atoms with Crippen molar-refractivity contribution in [3.8, 4) is 0 Å². The van der Waals surface area contributed by atoms with E-state index in [1.165, 1.54) is 0 Å². The van der Waals surface area contributed by atoms with Gasteiger partial charge in [0, 0.05) is 17.9 Å². The maximum absolute atomic E-state index is 5.71. The molecule has 1 rings (SSSR count). The van der Waals surface area contributed by atoms with Crippen molar-refractivity contribution in [2.24, 2.45) is 0 Å². The molecular weight excluding hydrogens is 222 g/mol. The largest absolute Gasteiger partial charge is 0.384 e. The maximum atomic E-state index is 5.71. The van der Waals surface area contributed by atoms with E-state index in [0.717, 1.165) is 17.3 Å². The lowest BCUT2D eigenvalue weighted by molar-refractivity contribution is 0.181. The molecule has 1 heterocycles. The zero-order valence-electron chi connectivity index (χ0n) is 10.3. The molecule has 0 spiro atoms. The molecule has 0 saturated heterocycles. The SMILES string of the molecule is COCc1cc(N)nc(CSC(C)(C)C)n1. The van der Waals surface area contributed by atoms with E-state index in [9.17, 15) is 0 Å². The number of hydrogen-bond donors (Lipinski definition) is 1. The highest BCUT2D eigenvalue weighted by Gasteiger charge is 2.12. The van der Waals surface area contributed by atoms with Gasteiger partial charge >= 0.3 is 0 Å². The Labute approximate surface area is 101 Å². The van der Waals surface area contributed by atoms with E-state index < -0.39 is 0 Å². The second-order valence-electron chi connectivity index (χ2n) is 4.53. The molecule has 2 N–H and O–H groups in total. The fraction of sp³-hybridized carbons (Fsp3) is 0.636. The number of anilines is 1. The smallest absolute Gasteiger partial charge is 0.140 e. The van der Waals surface area contributed by atoms with Crippen LogP contribution in [0.2, 0.25) is 0 Å². The van der Waals surface area contributed by atoms with Gasteiger partial charge in [-0.2, -0.15) is 0 Å². The molecular formula is C11H19N3OS. The predicted molar refractivity (Wildman–Crippen MR) is 68.2 cm³/mol. The topological polar surface area (TPSA) is 61.0 Å². The predicted octanol–water partition coefficient (Wildman–Crippen LogP) is 2.24. The van der Waals surface area contributed by atoms with Crippen molar-refractivity contribution in [3.63, 3.8) is 0 Å². The molecule has 16 heavy (non-hydrogen) atoms. The van der Waals surface area contributed by atoms with Crippen molar-refractivity contribution >= 4 is 17.6 Å². The lowest BCUT2D eigenvalue weighted by atomic mass is 10.3. The average Bonchev–Trinajstić information content (AvgIpc) is 2.13. The Morgan fingerprint density at radius 2 is 2.06 bits per heavy atom. The first-order valence-electron chi connectivity index (χ1n) is 5.16. The molecule has 0 aliphatic heterocycles.